The highest BCUT2D eigenvalue weighted by Gasteiger charge is 2.34. The molecule has 0 atom stereocenters. The highest BCUT2D eigenvalue weighted by molar-refractivity contribution is 7.18. The van der Waals surface area contributed by atoms with Crippen LogP contribution in [0.25, 0.3) is 10.2 Å². The summed E-state index contributed by atoms with van der Waals surface area (Å²) in [6.45, 7) is 5.84. The minimum atomic E-state index is -4.63. The Hall–Kier alpha value is -4.78. The number of hydrogen-bond acceptors (Lipinski definition) is 8. The summed E-state index contributed by atoms with van der Waals surface area (Å²) in [5, 5.41) is 10.5. The fourth-order valence-corrected chi connectivity index (χ4v) is 5.63. The van der Waals surface area contributed by atoms with Crippen molar-refractivity contribution < 1.29 is 22.8 Å². The Labute approximate surface area is 248 Å². The zero-order valence-electron chi connectivity index (χ0n) is 23.0. The third-order valence-electron chi connectivity index (χ3n) is 7.10. The molecule has 43 heavy (non-hydrogen) atoms. The van der Waals surface area contributed by atoms with Crippen molar-refractivity contribution in [3.05, 3.63) is 88.2 Å². The molecule has 1 aliphatic heterocycles. The lowest BCUT2D eigenvalue weighted by molar-refractivity contribution is -0.138. The van der Waals surface area contributed by atoms with Gasteiger partial charge in [0.2, 0.25) is 0 Å². The summed E-state index contributed by atoms with van der Waals surface area (Å²) in [6.07, 6.45) is 0.406. The zero-order valence-corrected chi connectivity index (χ0v) is 23.8. The molecule has 13 heteroatoms. The number of aliphatic imine (C=N–C) groups is 1. The molecule has 1 saturated carbocycles. The van der Waals surface area contributed by atoms with E-state index in [1.54, 1.807) is 29.3 Å². The summed E-state index contributed by atoms with van der Waals surface area (Å²) in [5.74, 6) is -0.326. The van der Waals surface area contributed by atoms with E-state index >= 15 is 0 Å². The molecular formula is C30H26F3N7O2S. The summed E-state index contributed by atoms with van der Waals surface area (Å²) < 4.78 is 42.5. The first-order valence-corrected chi connectivity index (χ1v) is 14.3. The Kier molecular flexibility index (Phi) is 7.34. The molecule has 220 valence electrons. The SMILES string of the molecule is C=C1CN(Cc2ccc(NC(=O)c3ccc(C)c(NC(=O)c4csc5c(NC6CC6)ncnc45)c3)cc2C(F)(F)F)C=N1. The Bertz CT molecular complexity index is 1800. The fraction of sp³-hybridized carbons (Fsp3) is 0.233. The first kappa shape index (κ1) is 28.3. The Morgan fingerprint density at radius 3 is 2.63 bits per heavy atom. The molecule has 3 N–H and O–H groups in total. The molecule has 2 aromatic heterocycles. The van der Waals surface area contributed by atoms with Gasteiger partial charge < -0.3 is 20.9 Å². The van der Waals surface area contributed by atoms with Gasteiger partial charge in [-0.15, -0.1) is 11.3 Å². The topological polar surface area (TPSA) is 112 Å². The molecule has 3 heterocycles. The number of rotatable bonds is 8. The number of benzene rings is 2. The summed E-state index contributed by atoms with van der Waals surface area (Å²) in [6, 6.07) is 8.77. The first-order chi connectivity index (χ1) is 20.5. The van der Waals surface area contributed by atoms with Gasteiger partial charge in [0.1, 0.15) is 12.1 Å². The maximum Gasteiger partial charge on any atom is 0.416 e. The molecule has 0 bridgehead atoms. The van der Waals surface area contributed by atoms with Crippen LogP contribution in [0.15, 0.2) is 65.4 Å². The van der Waals surface area contributed by atoms with Crippen LogP contribution in [0.4, 0.5) is 30.4 Å². The second kappa shape index (κ2) is 11.1. The number of carbonyl (C=O) groups is 2. The Morgan fingerprint density at radius 1 is 1.09 bits per heavy atom. The summed E-state index contributed by atoms with van der Waals surface area (Å²) in [5.41, 5.74) is 1.92. The predicted octanol–water partition coefficient (Wildman–Crippen LogP) is 6.46. The van der Waals surface area contributed by atoms with Crippen molar-refractivity contribution in [2.45, 2.75) is 38.5 Å². The van der Waals surface area contributed by atoms with Gasteiger partial charge in [0.15, 0.2) is 0 Å². The average molecular weight is 606 g/mol. The van der Waals surface area contributed by atoms with Gasteiger partial charge in [-0.25, -0.2) is 15.0 Å². The number of thiophene rings is 1. The Balaban J connectivity index is 1.19. The van der Waals surface area contributed by atoms with Crippen molar-refractivity contribution in [2.24, 2.45) is 4.99 Å². The third kappa shape index (κ3) is 6.21. The third-order valence-corrected chi connectivity index (χ3v) is 8.08. The maximum absolute atomic E-state index is 13.9. The van der Waals surface area contributed by atoms with Gasteiger partial charge in [0.25, 0.3) is 11.8 Å². The highest BCUT2D eigenvalue weighted by Crippen LogP contribution is 2.35. The maximum atomic E-state index is 13.9. The van der Waals surface area contributed by atoms with E-state index in [4.69, 9.17) is 0 Å². The van der Waals surface area contributed by atoms with Gasteiger partial charge in [0.05, 0.1) is 39.9 Å². The van der Waals surface area contributed by atoms with Crippen LogP contribution in [0.1, 0.15) is 50.2 Å². The molecule has 4 aromatic rings. The van der Waals surface area contributed by atoms with E-state index in [1.165, 1.54) is 42.2 Å². The lowest BCUT2D eigenvalue weighted by atomic mass is 10.0. The standard InChI is InChI=1S/C30H26F3N7O2S/c1-16-3-4-18(9-24(16)39-29(42)22-13-43-26-25(22)34-14-35-27(26)37-20-7-8-20)28(41)38-21-6-5-19(23(10-21)30(31,32)33)12-40-11-17(2)36-15-40/h3-6,9-10,13-15,20H,2,7-8,11-12H2,1H3,(H,38,41)(H,39,42)(H,34,35,37). The van der Waals surface area contributed by atoms with Gasteiger partial charge in [-0.1, -0.05) is 18.7 Å². The van der Waals surface area contributed by atoms with Crippen LogP contribution < -0.4 is 16.0 Å². The molecule has 0 spiro atoms. The molecule has 1 aliphatic carbocycles. The number of carbonyl (C=O) groups excluding carboxylic acids is 2. The molecule has 0 unspecified atom stereocenters. The highest BCUT2D eigenvalue weighted by atomic mass is 32.1. The first-order valence-electron chi connectivity index (χ1n) is 13.4. The Morgan fingerprint density at radius 2 is 1.91 bits per heavy atom. The summed E-state index contributed by atoms with van der Waals surface area (Å²) in [4.78, 5) is 40.6. The fourth-order valence-electron chi connectivity index (χ4n) is 4.68. The van der Waals surface area contributed by atoms with Crippen molar-refractivity contribution in [1.29, 1.82) is 0 Å². The van der Waals surface area contributed by atoms with Gasteiger partial charge in [-0.05, 0) is 55.2 Å². The summed E-state index contributed by atoms with van der Waals surface area (Å²) >= 11 is 1.37. The summed E-state index contributed by atoms with van der Waals surface area (Å²) in [7, 11) is 0. The molecule has 2 amide bonds. The quantitative estimate of drug-likeness (QED) is 0.213. The van der Waals surface area contributed by atoms with Crippen molar-refractivity contribution in [1.82, 2.24) is 14.9 Å². The molecule has 2 aromatic carbocycles. The van der Waals surface area contributed by atoms with Crippen LogP contribution in [0.2, 0.25) is 0 Å². The molecule has 9 nitrogen and oxygen atoms in total. The van der Waals surface area contributed by atoms with Gasteiger partial charge >= 0.3 is 6.18 Å². The monoisotopic (exact) mass is 605 g/mol. The molecular weight excluding hydrogens is 579 g/mol. The second-order valence-electron chi connectivity index (χ2n) is 10.5. The van der Waals surface area contributed by atoms with Crippen LogP contribution in [-0.2, 0) is 12.7 Å². The minimum Gasteiger partial charge on any atom is -0.366 e. The number of hydrogen-bond donors (Lipinski definition) is 3. The van der Waals surface area contributed by atoms with Gasteiger partial charge in [0, 0.05) is 34.9 Å². The number of nitrogens with one attached hydrogen (secondary N) is 3. The normalized spacial score (nSPS) is 14.8. The molecule has 2 aliphatic rings. The predicted molar refractivity (Wildman–Crippen MR) is 161 cm³/mol. The van der Waals surface area contributed by atoms with Crippen molar-refractivity contribution in [2.75, 3.05) is 22.5 Å². The van der Waals surface area contributed by atoms with Crippen molar-refractivity contribution in [3.63, 3.8) is 0 Å². The van der Waals surface area contributed by atoms with Crippen molar-refractivity contribution in [3.8, 4) is 0 Å². The van der Waals surface area contributed by atoms with E-state index in [0.717, 1.165) is 23.6 Å². The number of aryl methyl sites for hydroxylation is 1. The lowest BCUT2D eigenvalue weighted by Crippen LogP contribution is -2.21. The van der Waals surface area contributed by atoms with Gasteiger partial charge in [-0.3, -0.25) is 9.59 Å². The van der Waals surface area contributed by atoms with Crippen LogP contribution in [0, 0.1) is 6.92 Å². The smallest absolute Gasteiger partial charge is 0.366 e. The number of amides is 2. The van der Waals surface area contributed by atoms with E-state index in [-0.39, 0.29) is 23.4 Å². The van der Waals surface area contributed by atoms with Crippen LogP contribution in [0.5, 0.6) is 0 Å². The molecule has 0 saturated heterocycles. The minimum absolute atomic E-state index is 0.00357. The van der Waals surface area contributed by atoms with E-state index in [2.05, 4.69) is 37.5 Å². The average Bonchev–Trinajstić information content (AvgIpc) is 3.51. The number of alkyl halides is 3. The van der Waals surface area contributed by atoms with Crippen molar-refractivity contribution >= 4 is 56.9 Å². The number of halogens is 3. The molecule has 1 fully saturated rings. The second-order valence-corrected chi connectivity index (χ2v) is 11.4. The number of anilines is 3. The van der Waals surface area contributed by atoms with Crippen LogP contribution in [0.3, 0.4) is 0 Å². The lowest BCUT2D eigenvalue weighted by Gasteiger charge is -2.19. The number of fused-ring (bicyclic) bond motifs is 1. The molecule has 0 radical (unpaired) electrons. The van der Waals surface area contributed by atoms with E-state index < -0.39 is 23.6 Å². The van der Waals surface area contributed by atoms with Crippen LogP contribution in [-0.4, -0.2) is 45.6 Å². The van der Waals surface area contributed by atoms with E-state index in [0.29, 0.717) is 46.4 Å². The van der Waals surface area contributed by atoms with Crippen LogP contribution >= 0.6 is 11.3 Å². The van der Waals surface area contributed by atoms with Gasteiger partial charge in [-0.2, -0.15) is 13.2 Å². The number of nitrogens with zero attached hydrogens (tertiary/aromatic N) is 4. The van der Waals surface area contributed by atoms with E-state index in [9.17, 15) is 22.8 Å². The zero-order chi connectivity index (χ0) is 30.3. The largest absolute Gasteiger partial charge is 0.416 e. The van der Waals surface area contributed by atoms with E-state index in [1.807, 2.05) is 0 Å². The number of aromatic nitrogens is 2. The molecule has 6 rings (SSSR count).